The third-order valence-electron chi connectivity index (χ3n) is 3.93. The maximum Gasteiger partial charge on any atom is 0.337 e. The molecule has 0 spiro atoms. The number of carbonyl (C=O) groups excluding carboxylic acids is 3. The summed E-state index contributed by atoms with van der Waals surface area (Å²) in [5, 5.41) is 2.53. The minimum atomic E-state index is -1.16. The molecule has 0 unspecified atom stereocenters. The first-order valence-corrected chi connectivity index (χ1v) is 9.28. The average Bonchev–Trinajstić information content (AvgIpc) is 2.68. The van der Waals surface area contributed by atoms with Crippen LogP contribution >= 0.6 is 28.1 Å². The van der Waals surface area contributed by atoms with Crippen molar-refractivity contribution in [1.29, 1.82) is 0 Å². The van der Waals surface area contributed by atoms with Crippen molar-refractivity contribution in [2.45, 2.75) is 0 Å². The highest BCUT2D eigenvalue weighted by molar-refractivity contribution is 9.10. The van der Waals surface area contributed by atoms with Gasteiger partial charge in [0, 0.05) is 10.7 Å². The molecule has 0 aliphatic carbocycles. The van der Waals surface area contributed by atoms with Crippen LogP contribution in [0.5, 0.6) is 0 Å². The predicted molar refractivity (Wildman–Crippen MR) is 112 cm³/mol. The molecule has 2 aromatic carbocycles. The Morgan fingerprint density at radius 3 is 2.64 bits per heavy atom. The molecule has 1 atom stereocenters. The van der Waals surface area contributed by atoms with Crippen LogP contribution in [0.4, 0.5) is 11.4 Å². The van der Waals surface area contributed by atoms with Crippen molar-refractivity contribution in [2.75, 3.05) is 12.0 Å². The van der Waals surface area contributed by atoms with E-state index in [9.17, 15) is 14.4 Å². The minimum Gasteiger partial charge on any atom is -0.465 e. The van der Waals surface area contributed by atoms with Gasteiger partial charge in [-0.1, -0.05) is 22.0 Å². The fraction of sp³-hybridized carbons (Fsp3) is 0.105. The number of hydrogen-bond donors (Lipinski definition) is 1. The number of esters is 1. The van der Waals surface area contributed by atoms with Crippen LogP contribution in [0.15, 0.2) is 58.0 Å². The van der Waals surface area contributed by atoms with Crippen LogP contribution in [0.25, 0.3) is 0 Å². The van der Waals surface area contributed by atoms with E-state index < -0.39 is 23.7 Å². The van der Waals surface area contributed by atoms with Crippen LogP contribution in [0.2, 0.25) is 0 Å². The summed E-state index contributed by atoms with van der Waals surface area (Å²) in [7, 11) is 1.28. The lowest BCUT2D eigenvalue weighted by atomic mass is 10.1. The lowest BCUT2D eigenvalue weighted by Gasteiger charge is -2.30. The van der Waals surface area contributed by atoms with Crippen molar-refractivity contribution in [3.8, 4) is 0 Å². The van der Waals surface area contributed by atoms with E-state index in [2.05, 4.69) is 31.0 Å². The lowest BCUT2D eigenvalue weighted by Crippen LogP contribution is -2.58. The molecule has 2 aromatic rings. The minimum absolute atomic E-state index is 0.00895. The van der Waals surface area contributed by atoms with Crippen LogP contribution in [-0.4, -0.2) is 36.2 Å². The summed E-state index contributed by atoms with van der Waals surface area (Å²) < 4.78 is 5.52. The Bertz CT molecular complexity index is 991. The number of methoxy groups -OCH3 is 1. The summed E-state index contributed by atoms with van der Waals surface area (Å²) in [4.78, 5) is 42.2. The molecule has 0 bridgehead atoms. The summed E-state index contributed by atoms with van der Waals surface area (Å²) in [5.74, 6) is -2.73. The van der Waals surface area contributed by atoms with Crippen molar-refractivity contribution in [1.82, 2.24) is 5.32 Å². The van der Waals surface area contributed by atoms with E-state index in [0.29, 0.717) is 16.9 Å². The first kappa shape index (κ1) is 19.8. The molecular weight excluding hydrogens is 446 g/mol. The van der Waals surface area contributed by atoms with Gasteiger partial charge in [0.25, 0.3) is 5.91 Å². The number of amides is 2. The van der Waals surface area contributed by atoms with E-state index in [0.717, 1.165) is 4.47 Å². The molecule has 0 radical (unpaired) electrons. The van der Waals surface area contributed by atoms with Gasteiger partial charge in [-0.05, 0) is 54.7 Å². The fourth-order valence-corrected chi connectivity index (χ4v) is 3.11. The third-order valence-corrected chi connectivity index (χ3v) is 4.74. The maximum absolute atomic E-state index is 12.9. The number of thiocarbonyl (C=S) groups is 1. The van der Waals surface area contributed by atoms with Crippen molar-refractivity contribution >= 4 is 68.6 Å². The molecular formula is C19H14BrN3O4S. The molecule has 28 heavy (non-hydrogen) atoms. The number of benzene rings is 2. The van der Waals surface area contributed by atoms with Crippen molar-refractivity contribution in [3.05, 3.63) is 58.6 Å². The lowest BCUT2D eigenvalue weighted by molar-refractivity contribution is -0.130. The second kappa shape index (κ2) is 8.41. The Balaban J connectivity index is 1.86. The SMILES string of the molecule is COC(=O)c1cccc(N=C[C@@H]2C(=O)NC(=S)N(c3ccc(Br)cc3)C2=O)c1. The van der Waals surface area contributed by atoms with Gasteiger partial charge in [-0.15, -0.1) is 0 Å². The van der Waals surface area contributed by atoms with Gasteiger partial charge in [0.2, 0.25) is 5.91 Å². The number of halogens is 1. The Morgan fingerprint density at radius 1 is 1.25 bits per heavy atom. The van der Waals surface area contributed by atoms with Crippen LogP contribution in [0, 0.1) is 5.92 Å². The first-order chi connectivity index (χ1) is 13.4. The van der Waals surface area contributed by atoms with E-state index in [1.54, 1.807) is 42.5 Å². The normalized spacial score (nSPS) is 17.0. The second-order valence-corrected chi connectivity index (χ2v) is 7.04. The van der Waals surface area contributed by atoms with Crippen molar-refractivity contribution in [2.24, 2.45) is 10.9 Å². The zero-order valence-electron chi connectivity index (χ0n) is 14.6. The highest BCUT2D eigenvalue weighted by Crippen LogP contribution is 2.23. The summed E-state index contributed by atoms with van der Waals surface area (Å²) >= 11 is 8.48. The van der Waals surface area contributed by atoms with Crippen LogP contribution in [0.1, 0.15) is 10.4 Å². The Hall–Kier alpha value is -2.91. The maximum atomic E-state index is 12.9. The molecule has 1 heterocycles. The summed E-state index contributed by atoms with van der Waals surface area (Å²) in [6.45, 7) is 0. The molecule has 1 fully saturated rings. The summed E-state index contributed by atoms with van der Waals surface area (Å²) in [6, 6.07) is 13.3. The predicted octanol–water partition coefficient (Wildman–Crippen LogP) is 3.00. The standard InChI is InChI=1S/C19H14BrN3O4S/c1-27-18(26)11-3-2-4-13(9-11)21-10-15-16(24)22-19(28)23(17(15)25)14-7-5-12(20)6-8-14/h2-10,15H,1H3,(H,22,24,28)/t15-/m1/s1. The van der Waals surface area contributed by atoms with Gasteiger partial charge in [-0.2, -0.15) is 0 Å². The van der Waals surface area contributed by atoms with Crippen molar-refractivity contribution < 1.29 is 19.1 Å². The number of aliphatic imine (C=N–C) groups is 1. The summed E-state index contributed by atoms with van der Waals surface area (Å²) in [6.07, 6.45) is 1.24. The van der Waals surface area contributed by atoms with E-state index in [1.165, 1.54) is 24.3 Å². The van der Waals surface area contributed by atoms with E-state index in [4.69, 9.17) is 12.2 Å². The number of carbonyl (C=O) groups is 3. The highest BCUT2D eigenvalue weighted by Gasteiger charge is 2.38. The molecule has 0 aromatic heterocycles. The number of rotatable bonds is 4. The van der Waals surface area contributed by atoms with E-state index in [-0.39, 0.29) is 5.11 Å². The molecule has 1 aliphatic heterocycles. The van der Waals surface area contributed by atoms with Gasteiger partial charge < -0.3 is 10.1 Å². The molecule has 142 valence electrons. The first-order valence-electron chi connectivity index (χ1n) is 8.07. The molecule has 2 amide bonds. The number of hydrogen-bond acceptors (Lipinski definition) is 6. The van der Waals surface area contributed by atoms with E-state index >= 15 is 0 Å². The molecule has 0 saturated carbocycles. The number of nitrogens with one attached hydrogen (secondary N) is 1. The number of anilines is 1. The smallest absolute Gasteiger partial charge is 0.337 e. The van der Waals surface area contributed by atoms with Gasteiger partial charge in [-0.3, -0.25) is 19.5 Å². The Labute approximate surface area is 174 Å². The molecule has 3 rings (SSSR count). The van der Waals surface area contributed by atoms with Gasteiger partial charge in [0.05, 0.1) is 24.0 Å². The highest BCUT2D eigenvalue weighted by atomic mass is 79.9. The van der Waals surface area contributed by atoms with Gasteiger partial charge in [0.15, 0.2) is 11.0 Å². The van der Waals surface area contributed by atoms with Gasteiger partial charge in [-0.25, -0.2) is 4.79 Å². The van der Waals surface area contributed by atoms with Crippen LogP contribution in [-0.2, 0) is 14.3 Å². The molecule has 9 heteroatoms. The fourth-order valence-electron chi connectivity index (χ4n) is 2.55. The number of nitrogens with zero attached hydrogens (tertiary/aromatic N) is 2. The van der Waals surface area contributed by atoms with Crippen LogP contribution in [0.3, 0.4) is 0 Å². The number of ether oxygens (including phenoxy) is 1. The van der Waals surface area contributed by atoms with Gasteiger partial charge in [0.1, 0.15) is 0 Å². The monoisotopic (exact) mass is 459 g/mol. The molecule has 1 saturated heterocycles. The average molecular weight is 460 g/mol. The molecule has 1 N–H and O–H groups in total. The summed E-state index contributed by atoms with van der Waals surface area (Å²) in [5.41, 5.74) is 1.25. The third kappa shape index (κ3) is 4.15. The molecule has 7 nitrogen and oxygen atoms in total. The molecule has 1 aliphatic rings. The Morgan fingerprint density at radius 2 is 1.96 bits per heavy atom. The van der Waals surface area contributed by atoms with Crippen molar-refractivity contribution in [3.63, 3.8) is 0 Å². The largest absolute Gasteiger partial charge is 0.465 e. The Kier molecular flexibility index (Phi) is 5.96. The van der Waals surface area contributed by atoms with Gasteiger partial charge >= 0.3 is 5.97 Å². The van der Waals surface area contributed by atoms with E-state index in [1.807, 2.05) is 0 Å². The topological polar surface area (TPSA) is 88.1 Å². The second-order valence-electron chi connectivity index (χ2n) is 5.74. The zero-order valence-corrected chi connectivity index (χ0v) is 17.0. The van der Waals surface area contributed by atoms with Crippen LogP contribution < -0.4 is 10.2 Å². The zero-order chi connectivity index (χ0) is 20.3. The quantitative estimate of drug-likeness (QED) is 0.328.